The fourth-order valence-corrected chi connectivity index (χ4v) is 3.31. The van der Waals surface area contributed by atoms with Crippen molar-refractivity contribution in [3.8, 4) is 0 Å². The topological polar surface area (TPSA) is 53.6 Å². The predicted octanol–water partition coefficient (Wildman–Crippen LogP) is 3.29. The van der Waals surface area contributed by atoms with E-state index in [1.807, 2.05) is 41.8 Å². The highest BCUT2D eigenvalue weighted by molar-refractivity contribution is 7.09. The van der Waals surface area contributed by atoms with Crippen molar-refractivity contribution < 1.29 is 9.53 Å². The first-order valence-corrected chi connectivity index (χ1v) is 8.57. The lowest BCUT2D eigenvalue weighted by Crippen LogP contribution is -2.27. The van der Waals surface area contributed by atoms with Crippen LogP contribution in [0.5, 0.6) is 0 Å². The van der Waals surface area contributed by atoms with Crippen molar-refractivity contribution >= 4 is 28.7 Å². The number of nitrogens with zero attached hydrogens (tertiary/aromatic N) is 1. The Hall–Kier alpha value is -2.05. The highest BCUT2D eigenvalue weighted by Gasteiger charge is 2.21. The van der Waals surface area contributed by atoms with Gasteiger partial charge in [-0.1, -0.05) is 6.07 Å². The smallest absolute Gasteiger partial charge is 0.319 e. The van der Waals surface area contributed by atoms with Gasteiger partial charge in [0.25, 0.3) is 0 Å². The monoisotopic (exact) mass is 331 g/mol. The van der Waals surface area contributed by atoms with Crippen LogP contribution < -0.4 is 15.5 Å². The third kappa shape index (κ3) is 4.24. The van der Waals surface area contributed by atoms with Gasteiger partial charge in [-0.3, -0.25) is 0 Å². The molecule has 5 nitrogen and oxygen atoms in total. The van der Waals surface area contributed by atoms with E-state index in [1.54, 1.807) is 18.4 Å². The van der Waals surface area contributed by atoms with Gasteiger partial charge in [0.1, 0.15) is 0 Å². The molecule has 0 saturated carbocycles. The molecule has 0 spiro atoms. The number of carbonyl (C=O) groups is 1. The zero-order chi connectivity index (χ0) is 16.1. The molecule has 2 N–H and O–H groups in total. The average molecular weight is 331 g/mol. The number of benzene rings is 1. The average Bonchev–Trinajstić information content (AvgIpc) is 3.25. The Labute approximate surface area is 140 Å². The fourth-order valence-electron chi connectivity index (χ4n) is 2.67. The first-order chi connectivity index (χ1) is 11.2. The van der Waals surface area contributed by atoms with Crippen LogP contribution in [0, 0.1) is 0 Å². The Balaban J connectivity index is 1.50. The van der Waals surface area contributed by atoms with Crippen LogP contribution in [0.25, 0.3) is 0 Å². The lowest BCUT2D eigenvalue weighted by molar-refractivity contribution is 0.121. The SMILES string of the molecule is CO[C@@H]1CCN(c2ccc(NC(=O)NCc3cccs3)cc2)C1. The number of thiophene rings is 1. The second-order valence-corrected chi connectivity index (χ2v) is 6.56. The summed E-state index contributed by atoms with van der Waals surface area (Å²) in [6.45, 7) is 2.48. The van der Waals surface area contributed by atoms with Crippen LogP contribution in [0.3, 0.4) is 0 Å². The van der Waals surface area contributed by atoms with E-state index in [-0.39, 0.29) is 6.03 Å². The number of urea groups is 1. The second-order valence-electron chi connectivity index (χ2n) is 5.53. The van der Waals surface area contributed by atoms with Gasteiger partial charge < -0.3 is 20.3 Å². The van der Waals surface area contributed by atoms with Crippen molar-refractivity contribution in [3.63, 3.8) is 0 Å². The number of hydrogen-bond donors (Lipinski definition) is 2. The highest BCUT2D eigenvalue weighted by atomic mass is 32.1. The molecular formula is C17H21N3O2S. The van der Waals surface area contributed by atoms with Gasteiger partial charge in [-0.2, -0.15) is 0 Å². The minimum Gasteiger partial charge on any atom is -0.380 e. The molecule has 0 unspecified atom stereocenters. The first-order valence-electron chi connectivity index (χ1n) is 7.69. The fraction of sp³-hybridized carbons (Fsp3) is 0.353. The van der Waals surface area contributed by atoms with E-state index in [2.05, 4.69) is 15.5 Å². The summed E-state index contributed by atoms with van der Waals surface area (Å²) in [4.78, 5) is 15.3. The van der Waals surface area contributed by atoms with Gasteiger partial charge in [0, 0.05) is 36.5 Å². The largest absolute Gasteiger partial charge is 0.380 e. The van der Waals surface area contributed by atoms with E-state index in [0.717, 1.165) is 35.8 Å². The standard InChI is InChI=1S/C17H21N3O2S/c1-22-15-8-9-20(12-15)14-6-4-13(5-7-14)19-17(21)18-11-16-3-2-10-23-16/h2-7,10,15H,8-9,11-12H2,1H3,(H2,18,19,21)/t15-/m1/s1. The molecule has 1 fully saturated rings. The molecule has 1 atom stereocenters. The number of amides is 2. The van der Waals surface area contributed by atoms with Crippen molar-refractivity contribution in [3.05, 3.63) is 46.7 Å². The molecule has 3 rings (SSSR count). The maximum absolute atomic E-state index is 11.9. The molecule has 0 aliphatic carbocycles. The number of anilines is 2. The van der Waals surface area contributed by atoms with Crippen LogP contribution in [0.2, 0.25) is 0 Å². The molecular weight excluding hydrogens is 310 g/mol. The zero-order valence-electron chi connectivity index (χ0n) is 13.1. The molecule has 6 heteroatoms. The van der Waals surface area contributed by atoms with Crippen LogP contribution >= 0.6 is 11.3 Å². The Bertz CT molecular complexity index is 628. The van der Waals surface area contributed by atoms with Crippen molar-refractivity contribution in [2.24, 2.45) is 0 Å². The van der Waals surface area contributed by atoms with Gasteiger partial charge in [0.2, 0.25) is 0 Å². The van der Waals surface area contributed by atoms with Gasteiger partial charge in [0.15, 0.2) is 0 Å². The number of ether oxygens (including phenoxy) is 1. The van der Waals surface area contributed by atoms with E-state index in [1.165, 1.54) is 0 Å². The van der Waals surface area contributed by atoms with Crippen molar-refractivity contribution in [1.29, 1.82) is 0 Å². The van der Waals surface area contributed by atoms with Crippen molar-refractivity contribution in [2.75, 3.05) is 30.4 Å². The summed E-state index contributed by atoms with van der Waals surface area (Å²) in [5.74, 6) is 0. The quantitative estimate of drug-likeness (QED) is 0.884. The molecule has 1 aromatic heterocycles. The number of hydrogen-bond acceptors (Lipinski definition) is 4. The molecule has 1 aliphatic rings. The summed E-state index contributed by atoms with van der Waals surface area (Å²) in [6, 6.07) is 11.7. The van der Waals surface area contributed by atoms with Gasteiger partial charge in [-0.25, -0.2) is 4.79 Å². The van der Waals surface area contributed by atoms with Crippen LogP contribution in [0.15, 0.2) is 41.8 Å². The Morgan fingerprint density at radius 2 is 2.17 bits per heavy atom. The van der Waals surface area contributed by atoms with E-state index in [0.29, 0.717) is 12.6 Å². The number of nitrogens with one attached hydrogen (secondary N) is 2. The van der Waals surface area contributed by atoms with Gasteiger partial charge in [-0.05, 0) is 42.1 Å². The van der Waals surface area contributed by atoms with Crippen LogP contribution in [-0.2, 0) is 11.3 Å². The first kappa shape index (κ1) is 15.8. The van der Waals surface area contributed by atoms with Gasteiger partial charge in [0.05, 0.1) is 12.6 Å². The van der Waals surface area contributed by atoms with Crippen molar-refractivity contribution in [1.82, 2.24) is 5.32 Å². The Morgan fingerprint density at radius 1 is 1.35 bits per heavy atom. The Morgan fingerprint density at radius 3 is 2.83 bits per heavy atom. The van der Waals surface area contributed by atoms with Gasteiger partial charge >= 0.3 is 6.03 Å². The van der Waals surface area contributed by atoms with E-state index in [4.69, 9.17) is 4.74 Å². The summed E-state index contributed by atoms with van der Waals surface area (Å²) >= 11 is 1.63. The zero-order valence-corrected chi connectivity index (χ0v) is 13.9. The maximum Gasteiger partial charge on any atom is 0.319 e. The van der Waals surface area contributed by atoms with Crippen LogP contribution in [0.4, 0.5) is 16.2 Å². The van der Waals surface area contributed by atoms with Crippen LogP contribution in [-0.4, -0.2) is 32.3 Å². The summed E-state index contributed by atoms with van der Waals surface area (Å²) in [5.41, 5.74) is 1.95. The molecule has 1 aliphatic heterocycles. The predicted molar refractivity (Wildman–Crippen MR) is 94.2 cm³/mol. The molecule has 2 heterocycles. The number of rotatable bonds is 5. The molecule has 1 saturated heterocycles. The number of carbonyl (C=O) groups excluding carboxylic acids is 1. The highest BCUT2D eigenvalue weighted by Crippen LogP contribution is 2.23. The summed E-state index contributed by atoms with van der Waals surface area (Å²) < 4.78 is 5.39. The lowest BCUT2D eigenvalue weighted by atomic mass is 10.2. The lowest BCUT2D eigenvalue weighted by Gasteiger charge is -2.18. The molecule has 1 aromatic carbocycles. The summed E-state index contributed by atoms with van der Waals surface area (Å²) in [7, 11) is 1.76. The number of methoxy groups -OCH3 is 1. The molecule has 122 valence electrons. The van der Waals surface area contributed by atoms with E-state index >= 15 is 0 Å². The second kappa shape index (κ2) is 7.48. The molecule has 0 radical (unpaired) electrons. The molecule has 2 amide bonds. The third-order valence-corrected chi connectivity index (χ3v) is 4.85. The summed E-state index contributed by atoms with van der Waals surface area (Å²) in [6.07, 6.45) is 1.37. The van der Waals surface area contributed by atoms with E-state index < -0.39 is 0 Å². The van der Waals surface area contributed by atoms with E-state index in [9.17, 15) is 4.79 Å². The molecule has 0 bridgehead atoms. The maximum atomic E-state index is 11.9. The normalized spacial score (nSPS) is 17.3. The third-order valence-electron chi connectivity index (χ3n) is 3.97. The molecule has 23 heavy (non-hydrogen) atoms. The molecule has 2 aromatic rings. The van der Waals surface area contributed by atoms with Crippen LogP contribution in [0.1, 0.15) is 11.3 Å². The minimum absolute atomic E-state index is 0.188. The minimum atomic E-state index is -0.188. The van der Waals surface area contributed by atoms with Crippen molar-refractivity contribution in [2.45, 2.75) is 19.1 Å². The summed E-state index contributed by atoms with van der Waals surface area (Å²) in [5, 5.41) is 7.70. The van der Waals surface area contributed by atoms with Gasteiger partial charge in [-0.15, -0.1) is 11.3 Å². The Kier molecular flexibility index (Phi) is 5.15.